The maximum absolute atomic E-state index is 3.57. The molecule has 0 radical (unpaired) electrons. The van der Waals surface area contributed by atoms with E-state index in [1.807, 2.05) is 11.3 Å². The van der Waals surface area contributed by atoms with Crippen LogP contribution in [-0.2, 0) is 13.0 Å². The van der Waals surface area contributed by atoms with Crippen LogP contribution in [0.5, 0.6) is 0 Å². The van der Waals surface area contributed by atoms with Crippen LogP contribution >= 0.6 is 11.3 Å². The summed E-state index contributed by atoms with van der Waals surface area (Å²) in [4.78, 5) is 1.52. The molecular weight excluding hydrogens is 204 g/mol. The van der Waals surface area contributed by atoms with Crippen molar-refractivity contribution in [3.63, 3.8) is 0 Å². The predicted octanol–water partition coefficient (Wildman–Crippen LogP) is 2.01. The molecule has 2 N–H and O–H groups in total. The van der Waals surface area contributed by atoms with E-state index in [0.717, 1.165) is 25.4 Å². The van der Waals surface area contributed by atoms with Crippen molar-refractivity contribution in [1.82, 2.24) is 10.6 Å². The molecule has 1 aromatic heterocycles. The highest BCUT2D eigenvalue weighted by atomic mass is 32.1. The molecule has 0 spiro atoms. The summed E-state index contributed by atoms with van der Waals surface area (Å²) in [7, 11) is 0. The first-order valence-electron chi connectivity index (χ1n) is 5.87. The molecule has 1 aliphatic rings. The van der Waals surface area contributed by atoms with Gasteiger partial charge >= 0.3 is 0 Å². The lowest BCUT2D eigenvalue weighted by molar-refractivity contribution is 0.514. The van der Waals surface area contributed by atoms with Crippen molar-refractivity contribution >= 4 is 11.3 Å². The maximum Gasteiger partial charge on any atom is 0.0302 e. The number of hydrogen-bond acceptors (Lipinski definition) is 3. The third-order valence-corrected chi connectivity index (χ3v) is 4.06. The first-order valence-corrected chi connectivity index (χ1v) is 6.74. The van der Waals surface area contributed by atoms with Crippen LogP contribution in [0, 0.1) is 5.92 Å². The van der Waals surface area contributed by atoms with Crippen LogP contribution in [0.3, 0.4) is 0 Å². The van der Waals surface area contributed by atoms with E-state index in [0.29, 0.717) is 0 Å². The van der Waals surface area contributed by atoms with Crippen LogP contribution < -0.4 is 10.6 Å². The largest absolute Gasteiger partial charge is 0.316 e. The molecule has 0 amide bonds. The molecule has 1 aliphatic heterocycles. The van der Waals surface area contributed by atoms with Crippen LogP contribution in [-0.4, -0.2) is 19.6 Å². The fourth-order valence-corrected chi connectivity index (χ4v) is 3.06. The van der Waals surface area contributed by atoms with Crippen LogP contribution in [0.4, 0.5) is 0 Å². The van der Waals surface area contributed by atoms with Gasteiger partial charge in [-0.05, 0) is 55.4 Å². The SMILES string of the molecule is CCc1ccsc1CNCC1CCNC1. The first-order chi connectivity index (χ1) is 7.40. The minimum absolute atomic E-state index is 0.843. The zero-order chi connectivity index (χ0) is 10.5. The minimum Gasteiger partial charge on any atom is -0.316 e. The van der Waals surface area contributed by atoms with Gasteiger partial charge in [-0.2, -0.15) is 0 Å². The molecule has 1 fully saturated rings. The lowest BCUT2D eigenvalue weighted by Crippen LogP contribution is -2.24. The van der Waals surface area contributed by atoms with Crippen LogP contribution in [0.15, 0.2) is 11.4 Å². The van der Waals surface area contributed by atoms with Gasteiger partial charge in [-0.15, -0.1) is 11.3 Å². The van der Waals surface area contributed by atoms with Crippen molar-refractivity contribution in [2.75, 3.05) is 19.6 Å². The predicted molar refractivity (Wildman–Crippen MR) is 66.4 cm³/mol. The van der Waals surface area contributed by atoms with E-state index in [2.05, 4.69) is 29.0 Å². The summed E-state index contributed by atoms with van der Waals surface area (Å²) in [6.45, 7) is 6.83. The lowest BCUT2D eigenvalue weighted by atomic mass is 10.1. The summed E-state index contributed by atoms with van der Waals surface area (Å²) in [5, 5.41) is 9.18. The summed E-state index contributed by atoms with van der Waals surface area (Å²) in [5.41, 5.74) is 1.51. The normalized spacial score (nSPS) is 21.0. The van der Waals surface area contributed by atoms with Gasteiger partial charge in [0.2, 0.25) is 0 Å². The lowest BCUT2D eigenvalue weighted by Gasteiger charge is -2.09. The van der Waals surface area contributed by atoms with E-state index in [1.54, 1.807) is 0 Å². The highest BCUT2D eigenvalue weighted by molar-refractivity contribution is 7.10. The Morgan fingerprint density at radius 1 is 1.60 bits per heavy atom. The summed E-state index contributed by atoms with van der Waals surface area (Å²) in [6, 6.07) is 2.25. The summed E-state index contributed by atoms with van der Waals surface area (Å²) >= 11 is 1.88. The Kier molecular flexibility index (Phi) is 4.18. The summed E-state index contributed by atoms with van der Waals surface area (Å²) in [5.74, 6) is 0.843. The molecule has 0 aromatic carbocycles. The Morgan fingerprint density at radius 2 is 2.53 bits per heavy atom. The molecule has 0 saturated carbocycles. The van der Waals surface area contributed by atoms with Crippen molar-refractivity contribution in [2.24, 2.45) is 5.92 Å². The van der Waals surface area contributed by atoms with Gasteiger partial charge in [0.05, 0.1) is 0 Å². The quantitative estimate of drug-likeness (QED) is 0.799. The van der Waals surface area contributed by atoms with Gasteiger partial charge in [0, 0.05) is 11.4 Å². The maximum atomic E-state index is 3.57. The third-order valence-electron chi connectivity index (χ3n) is 3.10. The van der Waals surface area contributed by atoms with Gasteiger partial charge in [-0.25, -0.2) is 0 Å². The van der Waals surface area contributed by atoms with Crippen molar-refractivity contribution in [1.29, 1.82) is 0 Å². The van der Waals surface area contributed by atoms with E-state index < -0.39 is 0 Å². The third kappa shape index (κ3) is 3.03. The van der Waals surface area contributed by atoms with Crippen molar-refractivity contribution in [3.8, 4) is 0 Å². The Bertz CT molecular complexity index is 290. The van der Waals surface area contributed by atoms with Crippen LogP contribution in [0.2, 0.25) is 0 Å². The average molecular weight is 224 g/mol. The molecule has 3 heteroatoms. The molecule has 2 heterocycles. The standard InChI is InChI=1S/C12H20N2S/c1-2-11-4-6-15-12(11)9-14-8-10-3-5-13-7-10/h4,6,10,13-14H,2-3,5,7-9H2,1H3. The van der Waals surface area contributed by atoms with Gasteiger partial charge in [-0.1, -0.05) is 6.92 Å². The zero-order valence-corrected chi connectivity index (χ0v) is 10.2. The zero-order valence-electron chi connectivity index (χ0n) is 9.38. The smallest absolute Gasteiger partial charge is 0.0302 e. The Labute approximate surface area is 96.1 Å². The molecular formula is C12H20N2S. The number of thiophene rings is 1. The van der Waals surface area contributed by atoms with E-state index in [4.69, 9.17) is 0 Å². The minimum atomic E-state index is 0.843. The Hall–Kier alpha value is -0.380. The molecule has 0 aliphatic carbocycles. The molecule has 1 aromatic rings. The molecule has 1 atom stereocenters. The second-order valence-electron chi connectivity index (χ2n) is 4.21. The average Bonchev–Trinajstić information content (AvgIpc) is 2.88. The molecule has 2 nitrogen and oxygen atoms in total. The first kappa shape index (κ1) is 11.1. The number of hydrogen-bond donors (Lipinski definition) is 2. The van der Waals surface area contributed by atoms with Gasteiger partial charge in [0.25, 0.3) is 0 Å². The van der Waals surface area contributed by atoms with Crippen molar-refractivity contribution in [2.45, 2.75) is 26.3 Å². The van der Waals surface area contributed by atoms with E-state index in [-0.39, 0.29) is 0 Å². The van der Waals surface area contributed by atoms with E-state index >= 15 is 0 Å². The van der Waals surface area contributed by atoms with Crippen LogP contribution in [0.25, 0.3) is 0 Å². The molecule has 1 saturated heterocycles. The second-order valence-corrected chi connectivity index (χ2v) is 5.21. The Morgan fingerprint density at radius 3 is 3.27 bits per heavy atom. The van der Waals surface area contributed by atoms with E-state index in [1.165, 1.54) is 30.0 Å². The van der Waals surface area contributed by atoms with E-state index in [9.17, 15) is 0 Å². The summed E-state index contributed by atoms with van der Waals surface area (Å²) in [6.07, 6.45) is 2.49. The molecule has 0 bridgehead atoms. The fraction of sp³-hybridized carbons (Fsp3) is 0.667. The summed E-state index contributed by atoms with van der Waals surface area (Å²) < 4.78 is 0. The topological polar surface area (TPSA) is 24.1 Å². The highest BCUT2D eigenvalue weighted by Gasteiger charge is 2.13. The second kappa shape index (κ2) is 5.64. The molecule has 15 heavy (non-hydrogen) atoms. The van der Waals surface area contributed by atoms with Gasteiger partial charge in [-0.3, -0.25) is 0 Å². The molecule has 84 valence electrons. The number of rotatable bonds is 5. The fourth-order valence-electron chi connectivity index (χ4n) is 2.12. The highest BCUT2D eigenvalue weighted by Crippen LogP contribution is 2.17. The van der Waals surface area contributed by atoms with Crippen molar-refractivity contribution < 1.29 is 0 Å². The molecule has 1 unspecified atom stereocenters. The number of aryl methyl sites for hydroxylation is 1. The van der Waals surface area contributed by atoms with Gasteiger partial charge in [0.1, 0.15) is 0 Å². The van der Waals surface area contributed by atoms with Gasteiger partial charge < -0.3 is 10.6 Å². The van der Waals surface area contributed by atoms with Crippen LogP contribution in [0.1, 0.15) is 23.8 Å². The van der Waals surface area contributed by atoms with Gasteiger partial charge in [0.15, 0.2) is 0 Å². The monoisotopic (exact) mass is 224 g/mol. The Balaban J connectivity index is 1.73. The number of nitrogens with one attached hydrogen (secondary N) is 2. The van der Waals surface area contributed by atoms with Crippen molar-refractivity contribution in [3.05, 3.63) is 21.9 Å². The molecule has 2 rings (SSSR count).